The number of aryl methyl sites for hydroxylation is 2. The molecule has 4 rings (SSSR count). The van der Waals surface area contributed by atoms with Gasteiger partial charge in [-0.05, 0) is 44.2 Å². The molecule has 3 aromatic heterocycles. The van der Waals surface area contributed by atoms with Gasteiger partial charge in [-0.3, -0.25) is 0 Å². The molecule has 7 heteroatoms. The molecule has 0 aliphatic carbocycles. The van der Waals surface area contributed by atoms with E-state index in [-0.39, 0.29) is 0 Å². The van der Waals surface area contributed by atoms with Crippen molar-refractivity contribution in [1.82, 2.24) is 29.7 Å². The first-order valence-electron chi connectivity index (χ1n) is 7.26. The van der Waals surface area contributed by atoms with Crippen molar-refractivity contribution in [2.24, 2.45) is 0 Å². The second kappa shape index (κ2) is 5.20. The fraction of sp³-hybridized carbons (Fsp3) is 0.125. The zero-order valence-corrected chi connectivity index (χ0v) is 12.8. The normalized spacial score (nSPS) is 11.0. The summed E-state index contributed by atoms with van der Waals surface area (Å²) < 4.78 is 1.85. The number of fused-ring (bicyclic) bond motifs is 1. The highest BCUT2D eigenvalue weighted by atomic mass is 15.3. The summed E-state index contributed by atoms with van der Waals surface area (Å²) in [6.07, 6.45) is 3.45. The molecule has 0 saturated carbocycles. The molecule has 3 heterocycles. The van der Waals surface area contributed by atoms with Gasteiger partial charge in [0.25, 0.3) is 0 Å². The van der Waals surface area contributed by atoms with Gasteiger partial charge >= 0.3 is 0 Å². The van der Waals surface area contributed by atoms with E-state index in [1.807, 2.05) is 55.1 Å². The van der Waals surface area contributed by atoms with E-state index in [0.717, 1.165) is 28.4 Å². The summed E-state index contributed by atoms with van der Waals surface area (Å²) in [7, 11) is 0. The Balaban J connectivity index is 1.63. The van der Waals surface area contributed by atoms with E-state index in [1.54, 1.807) is 0 Å². The summed E-state index contributed by atoms with van der Waals surface area (Å²) in [4.78, 5) is 15.9. The fourth-order valence-corrected chi connectivity index (χ4v) is 2.43. The molecule has 23 heavy (non-hydrogen) atoms. The highest BCUT2D eigenvalue weighted by Crippen LogP contribution is 2.22. The lowest BCUT2D eigenvalue weighted by molar-refractivity contribution is 0.863. The molecule has 7 nitrogen and oxygen atoms in total. The largest absolute Gasteiger partial charge is 0.338 e. The summed E-state index contributed by atoms with van der Waals surface area (Å²) in [5.41, 5.74) is 4.39. The topological polar surface area (TPSA) is 84.3 Å². The van der Waals surface area contributed by atoms with Gasteiger partial charge in [-0.1, -0.05) is 0 Å². The molecule has 0 radical (unpaired) electrons. The zero-order chi connectivity index (χ0) is 15.8. The molecule has 0 aliphatic rings. The second-order valence-electron chi connectivity index (χ2n) is 5.32. The minimum Gasteiger partial charge on any atom is -0.338 e. The summed E-state index contributed by atoms with van der Waals surface area (Å²) in [5, 5.41) is 7.69. The number of anilines is 2. The number of nitrogens with zero attached hydrogens (tertiary/aromatic N) is 5. The van der Waals surface area contributed by atoms with E-state index in [2.05, 4.69) is 30.4 Å². The van der Waals surface area contributed by atoms with Crippen LogP contribution in [0.15, 0.2) is 42.9 Å². The lowest BCUT2D eigenvalue weighted by Gasteiger charge is -2.07. The van der Waals surface area contributed by atoms with Crippen LogP contribution in [0.2, 0.25) is 0 Å². The first-order valence-corrected chi connectivity index (χ1v) is 7.26. The Morgan fingerprint density at radius 2 is 1.87 bits per heavy atom. The summed E-state index contributed by atoms with van der Waals surface area (Å²) in [5.74, 6) is 1.52. The number of benzene rings is 1. The van der Waals surface area contributed by atoms with Crippen molar-refractivity contribution in [3.05, 3.63) is 54.4 Å². The van der Waals surface area contributed by atoms with Crippen LogP contribution in [0.1, 0.15) is 11.5 Å². The second-order valence-corrected chi connectivity index (χ2v) is 5.32. The third kappa shape index (κ3) is 2.52. The molecular formula is C16H15N7. The van der Waals surface area contributed by atoms with Gasteiger partial charge in [-0.25, -0.2) is 19.6 Å². The Bertz CT molecular complexity index is 966. The van der Waals surface area contributed by atoms with Gasteiger partial charge in [-0.15, -0.1) is 0 Å². The molecule has 2 N–H and O–H groups in total. The summed E-state index contributed by atoms with van der Waals surface area (Å²) in [6.45, 7) is 3.87. The maximum absolute atomic E-state index is 4.40. The van der Waals surface area contributed by atoms with E-state index in [0.29, 0.717) is 11.5 Å². The van der Waals surface area contributed by atoms with Gasteiger partial charge in [0.15, 0.2) is 11.5 Å². The average Bonchev–Trinajstić information content (AvgIpc) is 3.14. The van der Waals surface area contributed by atoms with E-state index in [9.17, 15) is 0 Å². The number of H-pyrrole nitrogens is 1. The summed E-state index contributed by atoms with van der Waals surface area (Å²) >= 11 is 0. The molecule has 0 saturated heterocycles. The number of aromatic amines is 1. The van der Waals surface area contributed by atoms with Crippen molar-refractivity contribution in [3.8, 4) is 5.69 Å². The van der Waals surface area contributed by atoms with Crippen molar-refractivity contribution >= 4 is 22.7 Å². The van der Waals surface area contributed by atoms with Crippen molar-refractivity contribution < 1.29 is 0 Å². The molecule has 0 spiro atoms. The maximum atomic E-state index is 4.40. The van der Waals surface area contributed by atoms with Gasteiger partial charge in [0.2, 0.25) is 0 Å². The van der Waals surface area contributed by atoms with Crippen LogP contribution in [-0.4, -0.2) is 29.7 Å². The van der Waals surface area contributed by atoms with Gasteiger partial charge < -0.3 is 10.3 Å². The smallest absolute Gasteiger partial charge is 0.183 e. The van der Waals surface area contributed by atoms with Crippen molar-refractivity contribution in [2.45, 2.75) is 13.8 Å². The number of hydrogen-bond donors (Lipinski definition) is 2. The molecule has 4 aromatic rings. The molecule has 0 atom stereocenters. The highest BCUT2D eigenvalue weighted by molar-refractivity contribution is 5.85. The Labute approximate surface area is 132 Å². The zero-order valence-electron chi connectivity index (χ0n) is 12.8. The molecule has 114 valence electrons. The van der Waals surface area contributed by atoms with Gasteiger partial charge in [-0.2, -0.15) is 5.10 Å². The third-order valence-corrected chi connectivity index (χ3v) is 3.52. The first-order chi connectivity index (χ1) is 11.2. The predicted molar refractivity (Wildman–Crippen MR) is 88.0 cm³/mol. The van der Waals surface area contributed by atoms with Crippen LogP contribution < -0.4 is 5.32 Å². The number of aromatic nitrogens is 6. The van der Waals surface area contributed by atoms with Gasteiger partial charge in [0, 0.05) is 11.9 Å². The number of hydrogen-bond acceptors (Lipinski definition) is 5. The Morgan fingerprint density at radius 1 is 1.04 bits per heavy atom. The monoisotopic (exact) mass is 305 g/mol. The molecular weight excluding hydrogens is 290 g/mol. The van der Waals surface area contributed by atoms with Gasteiger partial charge in [0.05, 0.1) is 11.4 Å². The van der Waals surface area contributed by atoms with Crippen LogP contribution >= 0.6 is 0 Å². The van der Waals surface area contributed by atoms with Gasteiger partial charge in [0.1, 0.15) is 17.7 Å². The predicted octanol–water partition coefficient (Wildman–Crippen LogP) is 2.90. The lowest BCUT2D eigenvalue weighted by Crippen LogP contribution is -1.98. The molecule has 1 aromatic carbocycles. The SMILES string of the molecule is Cc1ccn(-c2ccc(Nc3ncnc4nc(C)[nH]c34)cc2)n1. The van der Waals surface area contributed by atoms with Crippen LogP contribution in [0.3, 0.4) is 0 Å². The Morgan fingerprint density at radius 3 is 2.61 bits per heavy atom. The van der Waals surface area contributed by atoms with Crippen LogP contribution in [-0.2, 0) is 0 Å². The molecule has 0 unspecified atom stereocenters. The average molecular weight is 305 g/mol. The maximum Gasteiger partial charge on any atom is 0.183 e. The Kier molecular flexibility index (Phi) is 3.04. The molecule has 0 bridgehead atoms. The Hall–Kier alpha value is -3.22. The van der Waals surface area contributed by atoms with Crippen molar-refractivity contribution in [2.75, 3.05) is 5.32 Å². The molecule has 0 aliphatic heterocycles. The minimum absolute atomic E-state index is 0.656. The van der Waals surface area contributed by atoms with Crippen LogP contribution in [0.4, 0.5) is 11.5 Å². The van der Waals surface area contributed by atoms with Crippen LogP contribution in [0.25, 0.3) is 16.9 Å². The lowest BCUT2D eigenvalue weighted by atomic mass is 10.3. The quantitative estimate of drug-likeness (QED) is 0.608. The van der Waals surface area contributed by atoms with Crippen molar-refractivity contribution in [3.63, 3.8) is 0 Å². The van der Waals surface area contributed by atoms with E-state index < -0.39 is 0 Å². The fourth-order valence-electron chi connectivity index (χ4n) is 2.43. The van der Waals surface area contributed by atoms with Crippen LogP contribution in [0, 0.1) is 13.8 Å². The third-order valence-electron chi connectivity index (χ3n) is 3.52. The number of nitrogens with one attached hydrogen (secondary N) is 2. The molecule has 0 amide bonds. The van der Waals surface area contributed by atoms with E-state index >= 15 is 0 Å². The summed E-state index contributed by atoms with van der Waals surface area (Å²) in [6, 6.07) is 9.97. The van der Waals surface area contributed by atoms with Crippen molar-refractivity contribution in [1.29, 1.82) is 0 Å². The number of rotatable bonds is 3. The minimum atomic E-state index is 0.656. The van der Waals surface area contributed by atoms with Crippen LogP contribution in [0.5, 0.6) is 0 Å². The first kappa shape index (κ1) is 13.4. The molecule has 0 fully saturated rings. The van der Waals surface area contributed by atoms with E-state index in [4.69, 9.17) is 0 Å². The van der Waals surface area contributed by atoms with E-state index in [1.165, 1.54) is 6.33 Å². The standard InChI is InChI=1S/C16H15N7/c1-10-7-8-23(22-10)13-5-3-12(4-6-13)21-16-14-15(17-9-18-16)20-11(2)19-14/h3-9H,1-2H3,(H2,17,18,19,20,21). The number of imidazole rings is 1. The highest BCUT2D eigenvalue weighted by Gasteiger charge is 2.08.